The van der Waals surface area contributed by atoms with E-state index in [2.05, 4.69) is 5.32 Å². The van der Waals surface area contributed by atoms with Crippen LogP contribution >= 0.6 is 35.6 Å². The van der Waals surface area contributed by atoms with Crippen LogP contribution in [0.1, 0.15) is 50.8 Å². The van der Waals surface area contributed by atoms with Gasteiger partial charge in [-0.1, -0.05) is 35.3 Å². The molecule has 2 amide bonds. The Labute approximate surface area is 244 Å². The second kappa shape index (κ2) is 13.3. The molecular formula is C29H30Cl3N3O4. The van der Waals surface area contributed by atoms with Gasteiger partial charge in [-0.05, 0) is 88.0 Å². The number of likely N-dealkylation sites (N-methyl/N-ethyl adjacent to an activating group) is 1. The lowest BCUT2D eigenvalue weighted by Crippen LogP contribution is -2.32. The smallest absolute Gasteiger partial charge is 0.320 e. The minimum atomic E-state index is -0.502. The Balaban J connectivity index is 0.00000420. The van der Waals surface area contributed by atoms with E-state index in [0.29, 0.717) is 63.1 Å². The molecule has 1 atom stereocenters. The Morgan fingerprint density at radius 3 is 2.46 bits per heavy atom. The summed E-state index contributed by atoms with van der Waals surface area (Å²) in [6, 6.07) is 17.2. The SMILES string of the molecule is Cc1cc(NC(=O)c2ccccc2Cl)ccc1C(=O)N1CCCC(OC(=O)CN(C)C)c2cc(Cl)ccc21.Cl. The number of nitrogens with one attached hydrogen (secondary N) is 1. The Bertz CT molecular complexity index is 1380. The fraction of sp³-hybridized carbons (Fsp3) is 0.276. The Morgan fingerprint density at radius 2 is 1.77 bits per heavy atom. The highest BCUT2D eigenvalue weighted by Gasteiger charge is 2.30. The van der Waals surface area contributed by atoms with Crippen LogP contribution in [0.2, 0.25) is 10.0 Å². The Hall–Kier alpha value is -3.10. The number of halogens is 3. The van der Waals surface area contributed by atoms with Crippen molar-refractivity contribution in [2.24, 2.45) is 0 Å². The largest absolute Gasteiger partial charge is 0.456 e. The molecule has 0 aliphatic carbocycles. The molecule has 0 saturated heterocycles. The fourth-order valence-electron chi connectivity index (χ4n) is 4.50. The van der Waals surface area contributed by atoms with Gasteiger partial charge >= 0.3 is 5.97 Å². The lowest BCUT2D eigenvalue weighted by molar-refractivity contribution is -0.150. The third kappa shape index (κ3) is 7.31. The second-order valence-corrected chi connectivity index (χ2v) is 10.3. The molecule has 4 rings (SSSR count). The van der Waals surface area contributed by atoms with Gasteiger partial charge in [-0.15, -0.1) is 12.4 Å². The Morgan fingerprint density at radius 1 is 1.03 bits per heavy atom. The van der Waals surface area contributed by atoms with Crippen molar-refractivity contribution in [2.75, 3.05) is 37.4 Å². The zero-order valence-corrected chi connectivity index (χ0v) is 24.2. The van der Waals surface area contributed by atoms with E-state index in [9.17, 15) is 14.4 Å². The van der Waals surface area contributed by atoms with Gasteiger partial charge in [0, 0.05) is 28.4 Å². The number of hydrogen-bond acceptors (Lipinski definition) is 5. The van der Waals surface area contributed by atoms with Gasteiger partial charge in [0.2, 0.25) is 0 Å². The van der Waals surface area contributed by atoms with Crippen LogP contribution in [0, 0.1) is 6.92 Å². The van der Waals surface area contributed by atoms with E-state index < -0.39 is 6.10 Å². The van der Waals surface area contributed by atoms with Gasteiger partial charge in [0.15, 0.2) is 0 Å². The first kappa shape index (κ1) is 30.4. The number of hydrogen-bond donors (Lipinski definition) is 1. The van der Waals surface area contributed by atoms with Gasteiger partial charge in [-0.3, -0.25) is 19.3 Å². The number of anilines is 2. The maximum atomic E-state index is 13.8. The molecule has 1 heterocycles. The topological polar surface area (TPSA) is 79.0 Å². The minimum Gasteiger partial charge on any atom is -0.456 e. The van der Waals surface area contributed by atoms with Gasteiger partial charge in [0.25, 0.3) is 11.8 Å². The number of carbonyl (C=O) groups is 3. The number of rotatable bonds is 6. The van der Waals surface area contributed by atoms with E-state index in [1.807, 2.05) is 6.92 Å². The average molecular weight is 591 g/mol. The van der Waals surface area contributed by atoms with Crippen molar-refractivity contribution in [1.82, 2.24) is 4.90 Å². The van der Waals surface area contributed by atoms with Crippen molar-refractivity contribution in [3.05, 3.63) is 93.0 Å². The second-order valence-electron chi connectivity index (χ2n) is 9.48. The molecule has 0 saturated carbocycles. The van der Waals surface area contributed by atoms with Gasteiger partial charge in [0.05, 0.1) is 22.8 Å². The number of benzene rings is 3. The van der Waals surface area contributed by atoms with Gasteiger partial charge < -0.3 is 15.0 Å². The quantitative estimate of drug-likeness (QED) is 0.329. The van der Waals surface area contributed by atoms with Crippen LogP contribution < -0.4 is 10.2 Å². The molecule has 0 bridgehead atoms. The van der Waals surface area contributed by atoms with Crippen LogP contribution in [-0.2, 0) is 9.53 Å². The summed E-state index contributed by atoms with van der Waals surface area (Å²) in [4.78, 5) is 42.3. The number of amides is 2. The van der Waals surface area contributed by atoms with E-state index in [1.165, 1.54) is 0 Å². The van der Waals surface area contributed by atoms with Crippen molar-refractivity contribution in [3.8, 4) is 0 Å². The van der Waals surface area contributed by atoms with Crippen LogP contribution in [0.15, 0.2) is 60.7 Å². The minimum absolute atomic E-state index is 0. The molecule has 206 valence electrons. The van der Waals surface area contributed by atoms with E-state index >= 15 is 0 Å². The molecule has 1 unspecified atom stereocenters. The van der Waals surface area contributed by atoms with Crippen LogP contribution in [0.25, 0.3) is 0 Å². The number of fused-ring (bicyclic) bond motifs is 1. The van der Waals surface area contributed by atoms with Crippen LogP contribution in [0.3, 0.4) is 0 Å². The molecule has 3 aromatic rings. The number of ether oxygens (including phenoxy) is 1. The summed E-state index contributed by atoms with van der Waals surface area (Å²) in [6.45, 7) is 2.44. The van der Waals surface area contributed by atoms with Gasteiger partial charge in [-0.25, -0.2) is 0 Å². The van der Waals surface area contributed by atoms with Crippen molar-refractivity contribution in [2.45, 2.75) is 25.9 Å². The first-order valence-corrected chi connectivity index (χ1v) is 13.0. The number of aryl methyl sites for hydroxylation is 1. The number of nitrogens with zero attached hydrogens (tertiary/aromatic N) is 2. The zero-order chi connectivity index (χ0) is 27.4. The summed E-state index contributed by atoms with van der Waals surface area (Å²) in [5.74, 6) is -0.853. The lowest BCUT2D eigenvalue weighted by Gasteiger charge is -2.25. The van der Waals surface area contributed by atoms with E-state index in [4.69, 9.17) is 27.9 Å². The monoisotopic (exact) mass is 589 g/mol. The highest BCUT2D eigenvalue weighted by molar-refractivity contribution is 6.34. The summed E-state index contributed by atoms with van der Waals surface area (Å²) in [5.41, 5.74) is 3.50. The zero-order valence-electron chi connectivity index (χ0n) is 21.9. The summed E-state index contributed by atoms with van der Waals surface area (Å²) >= 11 is 12.4. The predicted molar refractivity (Wildman–Crippen MR) is 158 cm³/mol. The molecule has 0 spiro atoms. The van der Waals surface area contributed by atoms with Gasteiger partial charge in [0.1, 0.15) is 6.10 Å². The highest BCUT2D eigenvalue weighted by atomic mass is 35.5. The highest BCUT2D eigenvalue weighted by Crippen LogP contribution is 2.38. The summed E-state index contributed by atoms with van der Waals surface area (Å²) in [6.07, 6.45) is 0.711. The van der Waals surface area contributed by atoms with Crippen LogP contribution in [-0.4, -0.2) is 49.9 Å². The third-order valence-corrected chi connectivity index (χ3v) is 6.84. The normalized spacial score (nSPS) is 14.6. The molecule has 1 N–H and O–H groups in total. The van der Waals surface area contributed by atoms with Crippen molar-refractivity contribution < 1.29 is 19.1 Å². The van der Waals surface area contributed by atoms with Crippen molar-refractivity contribution in [1.29, 1.82) is 0 Å². The molecule has 7 nitrogen and oxygen atoms in total. The van der Waals surface area contributed by atoms with E-state index in [0.717, 1.165) is 0 Å². The summed E-state index contributed by atoms with van der Waals surface area (Å²) in [7, 11) is 3.60. The first-order chi connectivity index (χ1) is 18.1. The maximum Gasteiger partial charge on any atom is 0.320 e. The molecule has 3 aromatic carbocycles. The van der Waals surface area contributed by atoms with Crippen molar-refractivity contribution in [3.63, 3.8) is 0 Å². The van der Waals surface area contributed by atoms with Crippen LogP contribution in [0.4, 0.5) is 11.4 Å². The summed E-state index contributed by atoms with van der Waals surface area (Å²) in [5, 5.41) is 3.70. The predicted octanol–water partition coefficient (Wildman–Crippen LogP) is 6.56. The Kier molecular flexibility index (Phi) is 10.4. The number of carbonyl (C=O) groups excluding carboxylic acids is 3. The maximum absolute atomic E-state index is 13.8. The molecule has 39 heavy (non-hydrogen) atoms. The summed E-state index contributed by atoms with van der Waals surface area (Å²) < 4.78 is 5.79. The number of esters is 1. The van der Waals surface area contributed by atoms with E-state index in [-0.39, 0.29) is 36.7 Å². The molecule has 0 radical (unpaired) electrons. The molecule has 0 fully saturated rings. The third-order valence-electron chi connectivity index (χ3n) is 6.27. The average Bonchev–Trinajstić information content (AvgIpc) is 3.02. The molecular weight excluding hydrogens is 561 g/mol. The molecule has 0 aromatic heterocycles. The van der Waals surface area contributed by atoms with Gasteiger partial charge in [-0.2, -0.15) is 0 Å². The molecule has 10 heteroatoms. The van der Waals surface area contributed by atoms with Crippen LogP contribution in [0.5, 0.6) is 0 Å². The van der Waals surface area contributed by atoms with Crippen molar-refractivity contribution >= 4 is 64.8 Å². The first-order valence-electron chi connectivity index (χ1n) is 12.3. The molecule has 1 aliphatic rings. The van der Waals surface area contributed by atoms with E-state index in [1.54, 1.807) is 84.6 Å². The molecule has 1 aliphatic heterocycles. The fourth-order valence-corrected chi connectivity index (χ4v) is 4.90. The standard InChI is InChI=1S/C29H29Cl2N3O4.ClH/c1-18-15-20(32-28(36)22-7-4-5-8-24(22)31)11-12-21(18)29(37)34-14-6-9-26(38-27(35)17-33(2)3)23-16-19(30)10-13-25(23)34;/h4-5,7-8,10-13,15-16,26H,6,9,14,17H2,1-3H3,(H,32,36);1H. The lowest BCUT2D eigenvalue weighted by atomic mass is 10.0.